The Kier molecular flexibility index (Phi) is 5.22. The van der Waals surface area contributed by atoms with Crippen LogP contribution in [0.25, 0.3) is 5.69 Å². The first-order chi connectivity index (χ1) is 8.97. The van der Waals surface area contributed by atoms with Crippen molar-refractivity contribution >= 4 is 47.8 Å². The molecule has 2 rings (SSSR count). The fraction of sp³-hybridized carbons (Fsp3) is 0.308. The molecule has 102 valence electrons. The number of benzene rings is 1. The number of halogens is 3. The Bertz CT molecular complexity index is 555. The number of aromatic nitrogens is 2. The second-order valence-electron chi connectivity index (χ2n) is 4.51. The average molecular weight is 452 g/mol. The molecule has 1 aromatic heterocycles. The van der Waals surface area contributed by atoms with Crippen LogP contribution in [0.4, 0.5) is 0 Å². The smallest absolute Gasteiger partial charge is 0.0930 e. The Morgan fingerprint density at radius 2 is 1.84 bits per heavy atom. The molecule has 0 aliphatic carbocycles. The zero-order valence-corrected chi connectivity index (χ0v) is 15.4. The standard InChI is InChI=1S/C13H14Br3N3/c1-8(2)17-7-10-3-4-19(18-10)13-11(15)5-9(14)6-12(13)16/h3-6,8,17H,7H2,1-2H3. The molecule has 1 heterocycles. The number of nitrogens with zero attached hydrogens (tertiary/aromatic N) is 2. The van der Waals surface area contributed by atoms with E-state index in [0.717, 1.165) is 31.3 Å². The monoisotopic (exact) mass is 449 g/mol. The zero-order valence-electron chi connectivity index (χ0n) is 10.6. The Morgan fingerprint density at radius 3 is 2.42 bits per heavy atom. The summed E-state index contributed by atoms with van der Waals surface area (Å²) in [4.78, 5) is 0. The SMILES string of the molecule is CC(C)NCc1ccn(-c2c(Br)cc(Br)cc2Br)n1. The third-order valence-corrected chi connectivity index (χ3v) is 4.21. The third kappa shape index (κ3) is 3.90. The van der Waals surface area contributed by atoms with Gasteiger partial charge in [0.1, 0.15) is 0 Å². The maximum atomic E-state index is 4.58. The molecule has 0 unspecified atom stereocenters. The summed E-state index contributed by atoms with van der Waals surface area (Å²) < 4.78 is 4.86. The number of nitrogens with one attached hydrogen (secondary N) is 1. The minimum Gasteiger partial charge on any atom is -0.309 e. The molecule has 19 heavy (non-hydrogen) atoms. The van der Waals surface area contributed by atoms with Gasteiger partial charge in [0.15, 0.2) is 0 Å². The average Bonchev–Trinajstić information content (AvgIpc) is 2.73. The molecule has 0 aliphatic heterocycles. The molecule has 6 heteroatoms. The first-order valence-corrected chi connectivity index (χ1v) is 8.28. The highest BCUT2D eigenvalue weighted by Crippen LogP contribution is 2.32. The van der Waals surface area contributed by atoms with Gasteiger partial charge in [0.25, 0.3) is 0 Å². The van der Waals surface area contributed by atoms with Crippen molar-refractivity contribution in [3.05, 3.63) is 43.5 Å². The van der Waals surface area contributed by atoms with E-state index in [9.17, 15) is 0 Å². The fourth-order valence-corrected chi connectivity index (χ4v) is 4.26. The highest BCUT2D eigenvalue weighted by atomic mass is 79.9. The van der Waals surface area contributed by atoms with E-state index in [0.29, 0.717) is 6.04 Å². The predicted octanol–water partition coefficient (Wildman–Crippen LogP) is 4.66. The van der Waals surface area contributed by atoms with Gasteiger partial charge in [-0.3, -0.25) is 0 Å². The highest BCUT2D eigenvalue weighted by Gasteiger charge is 2.10. The minimum absolute atomic E-state index is 0.455. The quantitative estimate of drug-likeness (QED) is 0.732. The normalized spacial score (nSPS) is 11.3. The van der Waals surface area contributed by atoms with Crippen molar-refractivity contribution in [2.45, 2.75) is 26.4 Å². The molecule has 1 N–H and O–H groups in total. The lowest BCUT2D eigenvalue weighted by Gasteiger charge is -2.09. The summed E-state index contributed by atoms with van der Waals surface area (Å²) in [6.07, 6.45) is 1.97. The number of hydrogen-bond donors (Lipinski definition) is 1. The summed E-state index contributed by atoms with van der Waals surface area (Å²) in [6.45, 7) is 5.02. The van der Waals surface area contributed by atoms with E-state index in [1.807, 2.05) is 29.1 Å². The Labute approximate surface area is 138 Å². The fourth-order valence-electron chi connectivity index (χ4n) is 1.64. The van der Waals surface area contributed by atoms with E-state index in [-0.39, 0.29) is 0 Å². The third-order valence-electron chi connectivity index (χ3n) is 2.55. The molecule has 0 spiro atoms. The van der Waals surface area contributed by atoms with E-state index >= 15 is 0 Å². The second-order valence-corrected chi connectivity index (χ2v) is 7.13. The Hall–Kier alpha value is -0.170. The van der Waals surface area contributed by atoms with Crippen molar-refractivity contribution < 1.29 is 0 Å². The number of rotatable bonds is 4. The van der Waals surface area contributed by atoms with Gasteiger partial charge in [0.2, 0.25) is 0 Å². The predicted molar refractivity (Wildman–Crippen MR) is 88.6 cm³/mol. The first-order valence-electron chi connectivity index (χ1n) is 5.90. The van der Waals surface area contributed by atoms with Crippen LogP contribution < -0.4 is 5.32 Å². The zero-order chi connectivity index (χ0) is 14.0. The molecule has 0 radical (unpaired) electrons. The highest BCUT2D eigenvalue weighted by molar-refractivity contribution is 9.11. The van der Waals surface area contributed by atoms with Crippen LogP contribution in [0, 0.1) is 0 Å². The van der Waals surface area contributed by atoms with Crippen LogP contribution in [0.1, 0.15) is 19.5 Å². The first kappa shape index (κ1) is 15.2. The van der Waals surface area contributed by atoms with Crippen LogP contribution in [-0.2, 0) is 6.54 Å². The van der Waals surface area contributed by atoms with Crippen molar-refractivity contribution in [2.24, 2.45) is 0 Å². The lowest BCUT2D eigenvalue weighted by Crippen LogP contribution is -2.22. The molecular weight excluding hydrogens is 438 g/mol. The van der Waals surface area contributed by atoms with Gasteiger partial charge in [-0.1, -0.05) is 29.8 Å². The molecule has 2 aromatic rings. The van der Waals surface area contributed by atoms with Crippen LogP contribution in [0.2, 0.25) is 0 Å². The van der Waals surface area contributed by atoms with Crippen LogP contribution >= 0.6 is 47.8 Å². The second kappa shape index (κ2) is 6.52. The summed E-state index contributed by atoms with van der Waals surface area (Å²) in [5.74, 6) is 0. The van der Waals surface area contributed by atoms with Crippen molar-refractivity contribution in [2.75, 3.05) is 0 Å². The van der Waals surface area contributed by atoms with E-state index in [1.165, 1.54) is 0 Å². The number of hydrogen-bond acceptors (Lipinski definition) is 2. The molecule has 0 saturated carbocycles. The van der Waals surface area contributed by atoms with Gasteiger partial charge in [0.05, 0.1) is 11.4 Å². The van der Waals surface area contributed by atoms with E-state index in [2.05, 4.69) is 72.1 Å². The van der Waals surface area contributed by atoms with Gasteiger partial charge < -0.3 is 5.32 Å². The van der Waals surface area contributed by atoms with Crippen molar-refractivity contribution in [3.8, 4) is 5.69 Å². The maximum absolute atomic E-state index is 4.58. The van der Waals surface area contributed by atoms with Crippen molar-refractivity contribution in [1.29, 1.82) is 0 Å². The summed E-state index contributed by atoms with van der Waals surface area (Å²) in [7, 11) is 0. The van der Waals surface area contributed by atoms with Gasteiger partial charge in [0, 0.05) is 32.2 Å². The van der Waals surface area contributed by atoms with Gasteiger partial charge in [-0.25, -0.2) is 4.68 Å². The van der Waals surface area contributed by atoms with Crippen molar-refractivity contribution in [3.63, 3.8) is 0 Å². The van der Waals surface area contributed by atoms with Gasteiger partial charge >= 0.3 is 0 Å². The largest absolute Gasteiger partial charge is 0.309 e. The van der Waals surface area contributed by atoms with Crippen LogP contribution in [0.15, 0.2) is 37.8 Å². The van der Waals surface area contributed by atoms with E-state index in [4.69, 9.17) is 0 Å². The molecule has 0 fully saturated rings. The molecular formula is C13H14Br3N3. The topological polar surface area (TPSA) is 29.9 Å². The summed E-state index contributed by atoms with van der Waals surface area (Å²) in [5.41, 5.74) is 2.02. The van der Waals surface area contributed by atoms with Crippen LogP contribution in [0.3, 0.4) is 0 Å². The molecule has 0 amide bonds. The lowest BCUT2D eigenvalue weighted by molar-refractivity contribution is 0.578. The summed E-state index contributed by atoms with van der Waals surface area (Å²) in [6, 6.07) is 6.49. The maximum Gasteiger partial charge on any atom is 0.0930 e. The summed E-state index contributed by atoms with van der Waals surface area (Å²) in [5, 5.41) is 7.94. The lowest BCUT2D eigenvalue weighted by atomic mass is 10.3. The van der Waals surface area contributed by atoms with Crippen LogP contribution in [0.5, 0.6) is 0 Å². The van der Waals surface area contributed by atoms with Crippen molar-refractivity contribution in [1.82, 2.24) is 15.1 Å². The Balaban J connectivity index is 2.28. The molecule has 0 aliphatic rings. The van der Waals surface area contributed by atoms with Gasteiger partial charge in [-0.15, -0.1) is 0 Å². The molecule has 1 aromatic carbocycles. The molecule has 3 nitrogen and oxygen atoms in total. The van der Waals surface area contributed by atoms with Gasteiger partial charge in [-0.05, 0) is 50.1 Å². The summed E-state index contributed by atoms with van der Waals surface area (Å²) >= 11 is 10.6. The van der Waals surface area contributed by atoms with E-state index < -0.39 is 0 Å². The minimum atomic E-state index is 0.455. The molecule has 0 saturated heterocycles. The molecule has 0 atom stereocenters. The van der Waals surface area contributed by atoms with E-state index in [1.54, 1.807) is 0 Å². The Morgan fingerprint density at radius 1 is 1.21 bits per heavy atom. The van der Waals surface area contributed by atoms with Gasteiger partial charge in [-0.2, -0.15) is 5.10 Å². The van der Waals surface area contributed by atoms with Crippen LogP contribution in [-0.4, -0.2) is 15.8 Å². The molecule has 0 bridgehead atoms.